The van der Waals surface area contributed by atoms with Gasteiger partial charge in [-0.25, -0.2) is 19.1 Å². The number of nitrogens with two attached hydrogens (primary N) is 1. The van der Waals surface area contributed by atoms with Gasteiger partial charge in [-0.2, -0.15) is 4.98 Å². The average Bonchev–Trinajstić information content (AvgIpc) is 2.71. The topological polar surface area (TPSA) is 62.7 Å². The number of rotatable bonds is 2. The Balaban J connectivity index is 2.03. The van der Waals surface area contributed by atoms with Crippen LogP contribution in [0.5, 0.6) is 0 Å². The maximum absolute atomic E-state index is 12.8. The van der Waals surface area contributed by atoms with Gasteiger partial charge in [-0.3, -0.25) is 5.01 Å². The van der Waals surface area contributed by atoms with E-state index in [2.05, 4.69) is 10.1 Å². The van der Waals surface area contributed by atoms with Crippen LogP contribution >= 0.6 is 0 Å². The number of fused-ring (bicyclic) bond motifs is 1. The van der Waals surface area contributed by atoms with Crippen molar-refractivity contribution in [2.24, 2.45) is 5.84 Å². The molecule has 2 aromatic heterocycles. The number of nitrogens with zero attached hydrogens (tertiary/aromatic N) is 5. The molecule has 0 bridgehead atoms. The van der Waals surface area contributed by atoms with Gasteiger partial charge < -0.3 is 4.90 Å². The first-order chi connectivity index (χ1) is 8.46. The Bertz CT molecular complexity index is 585. The van der Waals surface area contributed by atoms with Crippen LogP contribution in [0.15, 0.2) is 18.3 Å². The summed E-state index contributed by atoms with van der Waals surface area (Å²) in [5.74, 6) is 3.80. The van der Waals surface area contributed by atoms with Crippen LogP contribution in [0, 0.1) is 0 Å². The van der Waals surface area contributed by atoms with E-state index < -0.39 is 5.92 Å². The van der Waals surface area contributed by atoms with E-state index in [1.165, 1.54) is 9.91 Å². The standard InChI is InChI=1S/C10H12F2N6/c1-16(13)8-7-3-2-4-18(7)15-9(14-8)17-5-10(11,12)6-17/h2-4H,5-6,13H2,1H3. The molecule has 3 heterocycles. The number of hydrazine groups is 1. The molecule has 0 aliphatic carbocycles. The summed E-state index contributed by atoms with van der Waals surface area (Å²) in [6, 6.07) is 3.61. The molecule has 1 fully saturated rings. The van der Waals surface area contributed by atoms with Crippen molar-refractivity contribution < 1.29 is 8.78 Å². The van der Waals surface area contributed by atoms with Gasteiger partial charge in [-0.05, 0) is 12.1 Å². The predicted molar refractivity (Wildman–Crippen MR) is 62.7 cm³/mol. The number of anilines is 2. The summed E-state index contributed by atoms with van der Waals surface area (Å²) in [6.07, 6.45) is 1.73. The quantitative estimate of drug-likeness (QED) is 0.624. The third-order valence-electron chi connectivity index (χ3n) is 2.82. The Morgan fingerprint density at radius 3 is 2.78 bits per heavy atom. The average molecular weight is 254 g/mol. The lowest BCUT2D eigenvalue weighted by Crippen LogP contribution is -2.57. The molecule has 3 rings (SSSR count). The van der Waals surface area contributed by atoms with Gasteiger partial charge in [0, 0.05) is 13.2 Å². The zero-order chi connectivity index (χ0) is 12.9. The second kappa shape index (κ2) is 3.52. The molecule has 1 saturated heterocycles. The van der Waals surface area contributed by atoms with E-state index in [9.17, 15) is 8.78 Å². The summed E-state index contributed by atoms with van der Waals surface area (Å²) in [5, 5.41) is 5.53. The zero-order valence-corrected chi connectivity index (χ0v) is 9.72. The fraction of sp³-hybridized carbons (Fsp3) is 0.400. The van der Waals surface area contributed by atoms with Crippen LogP contribution in [-0.4, -0.2) is 40.7 Å². The molecule has 96 valence electrons. The van der Waals surface area contributed by atoms with Gasteiger partial charge in [-0.1, -0.05) is 0 Å². The van der Waals surface area contributed by atoms with Gasteiger partial charge in [0.05, 0.1) is 13.1 Å². The highest BCUT2D eigenvalue weighted by molar-refractivity contribution is 5.69. The Morgan fingerprint density at radius 2 is 2.17 bits per heavy atom. The molecule has 18 heavy (non-hydrogen) atoms. The SMILES string of the molecule is CN(N)c1nc(N2CC(F)(F)C2)nn2cccc12. The van der Waals surface area contributed by atoms with Crippen molar-refractivity contribution >= 4 is 17.3 Å². The predicted octanol–water partition coefficient (Wildman–Crippen LogP) is 0.494. The van der Waals surface area contributed by atoms with E-state index in [1.54, 1.807) is 23.8 Å². The van der Waals surface area contributed by atoms with Crippen molar-refractivity contribution in [2.75, 3.05) is 30.0 Å². The van der Waals surface area contributed by atoms with E-state index in [4.69, 9.17) is 5.84 Å². The number of hydrogen-bond acceptors (Lipinski definition) is 5. The summed E-state index contributed by atoms with van der Waals surface area (Å²) in [7, 11) is 1.64. The molecule has 0 unspecified atom stereocenters. The highest BCUT2D eigenvalue weighted by Crippen LogP contribution is 2.30. The molecule has 0 saturated carbocycles. The van der Waals surface area contributed by atoms with E-state index in [-0.39, 0.29) is 19.0 Å². The van der Waals surface area contributed by atoms with Crippen LogP contribution in [0.4, 0.5) is 20.5 Å². The van der Waals surface area contributed by atoms with Gasteiger partial charge in [-0.15, -0.1) is 5.10 Å². The van der Waals surface area contributed by atoms with Gasteiger partial charge >= 0.3 is 0 Å². The highest BCUT2D eigenvalue weighted by Gasteiger charge is 2.45. The lowest BCUT2D eigenvalue weighted by molar-refractivity contribution is -0.0272. The maximum atomic E-state index is 12.8. The van der Waals surface area contributed by atoms with Crippen LogP contribution in [0.2, 0.25) is 0 Å². The molecule has 0 radical (unpaired) electrons. The minimum atomic E-state index is -2.65. The largest absolute Gasteiger partial charge is 0.327 e. The Hall–Kier alpha value is -1.96. The number of halogens is 2. The van der Waals surface area contributed by atoms with Gasteiger partial charge in [0.2, 0.25) is 5.95 Å². The smallest absolute Gasteiger partial charge is 0.282 e. The third kappa shape index (κ3) is 1.65. The molecule has 8 heteroatoms. The molecule has 1 aliphatic rings. The Kier molecular flexibility index (Phi) is 2.18. The van der Waals surface area contributed by atoms with E-state index in [1.807, 2.05) is 6.07 Å². The van der Waals surface area contributed by atoms with Crippen molar-refractivity contribution in [1.82, 2.24) is 14.6 Å². The zero-order valence-electron chi connectivity index (χ0n) is 9.72. The number of hydrogen-bond donors (Lipinski definition) is 1. The highest BCUT2D eigenvalue weighted by atomic mass is 19.3. The molecule has 2 N–H and O–H groups in total. The molecule has 6 nitrogen and oxygen atoms in total. The number of alkyl halides is 2. The normalized spacial score (nSPS) is 17.9. The molecule has 0 atom stereocenters. The van der Waals surface area contributed by atoms with Crippen molar-refractivity contribution in [2.45, 2.75) is 5.92 Å². The first kappa shape index (κ1) is 11.1. The second-order valence-corrected chi connectivity index (χ2v) is 4.40. The maximum Gasteiger partial charge on any atom is 0.282 e. The summed E-state index contributed by atoms with van der Waals surface area (Å²) >= 11 is 0. The summed E-state index contributed by atoms with van der Waals surface area (Å²) < 4.78 is 27.3. The summed E-state index contributed by atoms with van der Waals surface area (Å²) in [6.45, 7) is -0.707. The molecule has 0 amide bonds. The van der Waals surface area contributed by atoms with Crippen LogP contribution in [0.3, 0.4) is 0 Å². The first-order valence-corrected chi connectivity index (χ1v) is 5.43. The molecular weight excluding hydrogens is 242 g/mol. The van der Waals surface area contributed by atoms with E-state index in [0.29, 0.717) is 5.82 Å². The molecule has 0 spiro atoms. The third-order valence-corrected chi connectivity index (χ3v) is 2.82. The minimum Gasteiger partial charge on any atom is -0.327 e. The van der Waals surface area contributed by atoms with Crippen molar-refractivity contribution in [1.29, 1.82) is 0 Å². The van der Waals surface area contributed by atoms with E-state index in [0.717, 1.165) is 5.52 Å². The van der Waals surface area contributed by atoms with Crippen LogP contribution in [0.25, 0.3) is 5.52 Å². The van der Waals surface area contributed by atoms with Crippen LogP contribution in [-0.2, 0) is 0 Å². The lowest BCUT2D eigenvalue weighted by atomic mass is 10.2. The van der Waals surface area contributed by atoms with Crippen molar-refractivity contribution in [3.8, 4) is 0 Å². The fourth-order valence-electron chi connectivity index (χ4n) is 1.95. The van der Waals surface area contributed by atoms with Crippen LogP contribution in [0.1, 0.15) is 0 Å². The van der Waals surface area contributed by atoms with E-state index >= 15 is 0 Å². The van der Waals surface area contributed by atoms with Crippen LogP contribution < -0.4 is 15.8 Å². The van der Waals surface area contributed by atoms with Gasteiger partial charge in [0.15, 0.2) is 5.82 Å². The Labute approximate surface area is 102 Å². The molecule has 2 aromatic rings. The summed E-state index contributed by atoms with van der Waals surface area (Å²) in [5.41, 5.74) is 0.732. The molecular formula is C10H12F2N6. The first-order valence-electron chi connectivity index (χ1n) is 5.43. The monoisotopic (exact) mass is 254 g/mol. The lowest BCUT2D eigenvalue weighted by Gasteiger charge is -2.38. The van der Waals surface area contributed by atoms with Crippen molar-refractivity contribution in [3.63, 3.8) is 0 Å². The Morgan fingerprint density at radius 1 is 1.44 bits per heavy atom. The summed E-state index contributed by atoms with van der Waals surface area (Å²) in [4.78, 5) is 5.64. The molecule has 1 aliphatic heterocycles. The second-order valence-electron chi connectivity index (χ2n) is 4.40. The van der Waals surface area contributed by atoms with Gasteiger partial charge in [0.1, 0.15) is 5.52 Å². The minimum absolute atomic E-state index is 0.261. The van der Waals surface area contributed by atoms with Crippen molar-refractivity contribution in [3.05, 3.63) is 18.3 Å². The van der Waals surface area contributed by atoms with Gasteiger partial charge in [0.25, 0.3) is 5.92 Å². The fourth-order valence-corrected chi connectivity index (χ4v) is 1.95. The number of aromatic nitrogens is 3. The molecule has 0 aromatic carbocycles.